The Kier molecular flexibility index (Phi) is 5.90. The first kappa shape index (κ1) is 21.5. The number of halogens is 3. The van der Waals surface area contributed by atoms with Crippen molar-refractivity contribution in [1.82, 2.24) is 9.78 Å². The standard InChI is InChI=1S/C25H21F3N2O2/c1-31-21-10-4-7-18(13-21)23-15-24(19-8-5-11-22(14-19)32-2)30(29-23)16-17-6-3-9-20(12-17)25(26,27)28/h3-15H,16H2,1-2H3. The molecule has 0 spiro atoms. The van der Waals surface area contributed by atoms with E-state index in [0.717, 1.165) is 29.0 Å². The third-order valence-corrected chi connectivity index (χ3v) is 5.10. The van der Waals surface area contributed by atoms with Crippen molar-refractivity contribution in [3.63, 3.8) is 0 Å². The van der Waals surface area contributed by atoms with Crippen LogP contribution in [-0.4, -0.2) is 24.0 Å². The molecule has 0 bridgehead atoms. The van der Waals surface area contributed by atoms with Gasteiger partial charge in [-0.15, -0.1) is 0 Å². The third kappa shape index (κ3) is 4.61. The molecule has 0 saturated carbocycles. The van der Waals surface area contributed by atoms with Gasteiger partial charge >= 0.3 is 6.18 Å². The summed E-state index contributed by atoms with van der Waals surface area (Å²) < 4.78 is 51.9. The summed E-state index contributed by atoms with van der Waals surface area (Å²) in [6, 6.07) is 22.2. The number of nitrogens with zero attached hydrogens (tertiary/aromatic N) is 2. The number of rotatable bonds is 6. The molecule has 0 aliphatic rings. The third-order valence-electron chi connectivity index (χ3n) is 5.10. The SMILES string of the molecule is COc1cccc(-c2cc(-c3cccc(OC)c3)n(Cc3cccc(C(F)(F)F)c3)n2)c1. The van der Waals surface area contributed by atoms with Gasteiger partial charge in [0.2, 0.25) is 0 Å². The second-order valence-corrected chi connectivity index (χ2v) is 7.23. The van der Waals surface area contributed by atoms with Crippen molar-refractivity contribution in [3.8, 4) is 34.0 Å². The van der Waals surface area contributed by atoms with Crippen molar-refractivity contribution in [3.05, 3.63) is 90.0 Å². The number of aromatic nitrogens is 2. The van der Waals surface area contributed by atoms with Crippen LogP contribution in [0.3, 0.4) is 0 Å². The van der Waals surface area contributed by atoms with Crippen LogP contribution in [0.25, 0.3) is 22.5 Å². The van der Waals surface area contributed by atoms with E-state index in [0.29, 0.717) is 22.8 Å². The van der Waals surface area contributed by atoms with E-state index >= 15 is 0 Å². The Morgan fingerprint density at radius 2 is 1.41 bits per heavy atom. The van der Waals surface area contributed by atoms with Gasteiger partial charge in [-0.25, -0.2) is 0 Å². The fourth-order valence-corrected chi connectivity index (χ4v) is 3.49. The van der Waals surface area contributed by atoms with E-state index in [-0.39, 0.29) is 6.54 Å². The summed E-state index contributed by atoms with van der Waals surface area (Å²) in [4.78, 5) is 0. The van der Waals surface area contributed by atoms with Crippen molar-refractivity contribution < 1.29 is 22.6 Å². The van der Waals surface area contributed by atoms with E-state index in [1.54, 1.807) is 25.0 Å². The fraction of sp³-hybridized carbons (Fsp3) is 0.160. The molecule has 164 valence electrons. The van der Waals surface area contributed by atoms with Crippen molar-refractivity contribution in [2.24, 2.45) is 0 Å². The summed E-state index contributed by atoms with van der Waals surface area (Å²) in [5, 5.41) is 4.71. The molecule has 4 nitrogen and oxygen atoms in total. The Morgan fingerprint density at radius 1 is 0.781 bits per heavy atom. The lowest BCUT2D eigenvalue weighted by atomic mass is 10.1. The molecule has 0 unspecified atom stereocenters. The summed E-state index contributed by atoms with van der Waals surface area (Å²) in [6.07, 6.45) is -4.40. The van der Waals surface area contributed by atoms with Crippen molar-refractivity contribution in [2.45, 2.75) is 12.7 Å². The lowest BCUT2D eigenvalue weighted by molar-refractivity contribution is -0.137. The Morgan fingerprint density at radius 3 is 2.06 bits per heavy atom. The lowest BCUT2D eigenvalue weighted by Crippen LogP contribution is -2.08. The minimum Gasteiger partial charge on any atom is -0.497 e. The first-order valence-electron chi connectivity index (χ1n) is 9.90. The van der Waals surface area contributed by atoms with Gasteiger partial charge in [0.05, 0.1) is 37.7 Å². The van der Waals surface area contributed by atoms with Crippen LogP contribution in [0.5, 0.6) is 11.5 Å². The molecule has 1 aromatic heterocycles. The van der Waals surface area contributed by atoms with Gasteiger partial charge in [-0.2, -0.15) is 18.3 Å². The maximum absolute atomic E-state index is 13.2. The van der Waals surface area contributed by atoms with Crippen LogP contribution in [0.1, 0.15) is 11.1 Å². The van der Waals surface area contributed by atoms with Gasteiger partial charge in [0.25, 0.3) is 0 Å². The molecule has 0 aliphatic carbocycles. The quantitative estimate of drug-likeness (QED) is 0.354. The molecule has 1 heterocycles. The number of benzene rings is 3. The predicted molar refractivity (Wildman–Crippen MR) is 117 cm³/mol. The molecular formula is C25H21F3N2O2. The Hall–Kier alpha value is -3.74. The van der Waals surface area contributed by atoms with Crippen LogP contribution in [0.2, 0.25) is 0 Å². The summed E-state index contributed by atoms with van der Waals surface area (Å²) in [6.45, 7) is 0.181. The maximum Gasteiger partial charge on any atom is 0.416 e. The van der Waals surface area contributed by atoms with Crippen LogP contribution in [0.4, 0.5) is 13.2 Å². The molecule has 4 rings (SSSR count). The number of hydrogen-bond acceptors (Lipinski definition) is 3. The predicted octanol–water partition coefficient (Wildman–Crippen LogP) is 6.30. The zero-order valence-corrected chi connectivity index (χ0v) is 17.6. The van der Waals surface area contributed by atoms with Crippen molar-refractivity contribution in [1.29, 1.82) is 0 Å². The average molecular weight is 438 g/mol. The highest BCUT2D eigenvalue weighted by atomic mass is 19.4. The van der Waals surface area contributed by atoms with E-state index in [1.807, 2.05) is 54.6 Å². The zero-order valence-electron chi connectivity index (χ0n) is 17.6. The normalized spacial score (nSPS) is 11.4. The zero-order chi connectivity index (χ0) is 22.7. The molecule has 0 radical (unpaired) electrons. The van der Waals surface area contributed by atoms with Gasteiger partial charge in [0.1, 0.15) is 11.5 Å². The Bertz CT molecular complexity index is 1230. The molecule has 4 aromatic rings. The second kappa shape index (κ2) is 8.78. The summed E-state index contributed by atoms with van der Waals surface area (Å²) in [5.74, 6) is 1.37. The molecule has 7 heteroatoms. The number of methoxy groups -OCH3 is 2. The van der Waals surface area contributed by atoms with Crippen LogP contribution in [0.15, 0.2) is 78.9 Å². The largest absolute Gasteiger partial charge is 0.497 e. The highest BCUT2D eigenvalue weighted by molar-refractivity contribution is 5.70. The topological polar surface area (TPSA) is 36.3 Å². The van der Waals surface area contributed by atoms with Crippen LogP contribution in [0, 0.1) is 0 Å². The van der Waals surface area contributed by atoms with E-state index in [2.05, 4.69) is 0 Å². The van der Waals surface area contributed by atoms with E-state index in [1.165, 1.54) is 6.07 Å². The van der Waals surface area contributed by atoms with Crippen molar-refractivity contribution >= 4 is 0 Å². The minimum atomic E-state index is -4.40. The first-order valence-corrected chi connectivity index (χ1v) is 9.90. The van der Waals surface area contributed by atoms with Crippen LogP contribution >= 0.6 is 0 Å². The van der Waals surface area contributed by atoms with Gasteiger partial charge in [-0.3, -0.25) is 4.68 Å². The average Bonchev–Trinajstić information content (AvgIpc) is 3.22. The number of hydrogen-bond donors (Lipinski definition) is 0. The highest BCUT2D eigenvalue weighted by Crippen LogP contribution is 2.32. The summed E-state index contributed by atoms with van der Waals surface area (Å²) >= 11 is 0. The fourth-order valence-electron chi connectivity index (χ4n) is 3.49. The lowest BCUT2D eigenvalue weighted by Gasteiger charge is -2.11. The first-order chi connectivity index (χ1) is 15.4. The maximum atomic E-state index is 13.2. The monoisotopic (exact) mass is 438 g/mol. The molecule has 0 atom stereocenters. The van der Waals surface area contributed by atoms with Crippen LogP contribution < -0.4 is 9.47 Å². The van der Waals surface area contributed by atoms with Crippen molar-refractivity contribution in [2.75, 3.05) is 14.2 Å². The molecule has 0 fully saturated rings. The summed E-state index contributed by atoms with van der Waals surface area (Å²) in [5.41, 5.74) is 2.96. The van der Waals surface area contributed by atoms with Gasteiger partial charge in [0, 0.05) is 11.1 Å². The second-order valence-electron chi connectivity index (χ2n) is 7.23. The molecule has 32 heavy (non-hydrogen) atoms. The van der Waals surface area contributed by atoms with E-state index in [9.17, 15) is 13.2 Å². The smallest absolute Gasteiger partial charge is 0.416 e. The van der Waals surface area contributed by atoms with E-state index in [4.69, 9.17) is 14.6 Å². The molecule has 3 aromatic carbocycles. The molecule has 0 saturated heterocycles. The van der Waals surface area contributed by atoms with Crippen LogP contribution in [-0.2, 0) is 12.7 Å². The molecule has 0 amide bonds. The minimum absolute atomic E-state index is 0.181. The number of alkyl halides is 3. The van der Waals surface area contributed by atoms with Gasteiger partial charge in [-0.1, -0.05) is 36.4 Å². The van der Waals surface area contributed by atoms with Gasteiger partial charge < -0.3 is 9.47 Å². The molecular weight excluding hydrogens is 417 g/mol. The Balaban J connectivity index is 1.80. The molecule has 0 aliphatic heterocycles. The Labute approximate surface area is 183 Å². The van der Waals surface area contributed by atoms with Gasteiger partial charge in [-0.05, 0) is 48.0 Å². The summed E-state index contributed by atoms with van der Waals surface area (Å²) in [7, 11) is 3.17. The number of ether oxygens (including phenoxy) is 2. The highest BCUT2D eigenvalue weighted by Gasteiger charge is 2.30. The van der Waals surface area contributed by atoms with Gasteiger partial charge in [0.15, 0.2) is 0 Å². The molecule has 0 N–H and O–H groups in total. The van der Waals surface area contributed by atoms with E-state index < -0.39 is 11.7 Å².